The molecule has 35 heavy (non-hydrogen) atoms. The van der Waals surface area contributed by atoms with Gasteiger partial charge in [-0.3, -0.25) is 15.1 Å². The summed E-state index contributed by atoms with van der Waals surface area (Å²) in [6.45, 7) is 1.28. The van der Waals surface area contributed by atoms with Gasteiger partial charge in [-0.05, 0) is 66.9 Å². The van der Waals surface area contributed by atoms with Crippen LogP contribution in [0.25, 0.3) is 0 Å². The molecule has 4 aromatic rings. The summed E-state index contributed by atoms with van der Waals surface area (Å²) in [7, 11) is 0. The molecular formula is C25H22F3N5OS. The molecule has 0 saturated carbocycles. The second-order valence-electron chi connectivity index (χ2n) is 8.30. The molecule has 3 aromatic heterocycles. The fourth-order valence-electron chi connectivity index (χ4n) is 4.33. The van der Waals surface area contributed by atoms with E-state index in [1.807, 2.05) is 34.3 Å². The van der Waals surface area contributed by atoms with Gasteiger partial charge in [-0.2, -0.15) is 13.2 Å². The van der Waals surface area contributed by atoms with Crippen LogP contribution in [-0.2, 0) is 12.7 Å². The van der Waals surface area contributed by atoms with Gasteiger partial charge in [0, 0.05) is 42.7 Å². The van der Waals surface area contributed by atoms with Gasteiger partial charge in [0.1, 0.15) is 5.69 Å². The lowest BCUT2D eigenvalue weighted by Gasteiger charge is -2.26. The van der Waals surface area contributed by atoms with Crippen molar-refractivity contribution in [3.63, 3.8) is 0 Å². The number of benzene rings is 1. The lowest BCUT2D eigenvalue weighted by Crippen LogP contribution is -2.23. The fraction of sp³-hybridized carbons (Fsp3) is 0.240. The van der Waals surface area contributed by atoms with E-state index in [0.717, 1.165) is 48.5 Å². The third kappa shape index (κ3) is 5.07. The monoisotopic (exact) mass is 497 g/mol. The maximum Gasteiger partial charge on any atom is 0.416 e. The number of aromatic nitrogens is 3. The minimum atomic E-state index is -4.36. The highest BCUT2D eigenvalue weighted by molar-refractivity contribution is 7.14. The number of hydrogen-bond donors (Lipinski definition) is 1. The van der Waals surface area contributed by atoms with Crippen molar-refractivity contribution in [3.8, 4) is 0 Å². The summed E-state index contributed by atoms with van der Waals surface area (Å²) in [6.07, 6.45) is 2.67. The summed E-state index contributed by atoms with van der Waals surface area (Å²) in [5, 5.41) is 5.27. The van der Waals surface area contributed by atoms with Crippen LogP contribution >= 0.6 is 11.3 Å². The SMILES string of the molecule is O=C(Nc1nc(C2CCCN2c2ccc(C(F)(F)F)cc2)cs1)c1cccn1Cc1ccncc1. The Labute approximate surface area is 204 Å². The molecule has 0 aliphatic carbocycles. The number of rotatable bonds is 6. The number of anilines is 2. The predicted octanol–water partition coefficient (Wildman–Crippen LogP) is 6.00. The van der Waals surface area contributed by atoms with Crippen molar-refractivity contribution >= 4 is 28.1 Å². The average Bonchev–Trinajstić information content (AvgIpc) is 3.60. The smallest absolute Gasteiger partial charge is 0.363 e. The normalized spacial score (nSPS) is 16.0. The Morgan fingerprint density at radius 2 is 1.89 bits per heavy atom. The van der Waals surface area contributed by atoms with E-state index in [1.165, 1.54) is 23.5 Å². The number of halogens is 3. The van der Waals surface area contributed by atoms with Crippen LogP contribution in [0.4, 0.5) is 24.0 Å². The Hall–Kier alpha value is -3.66. The second kappa shape index (κ2) is 9.53. The van der Waals surface area contributed by atoms with Gasteiger partial charge in [0.15, 0.2) is 5.13 Å². The number of carbonyl (C=O) groups is 1. The molecule has 0 radical (unpaired) electrons. The number of pyridine rings is 1. The van der Waals surface area contributed by atoms with E-state index < -0.39 is 11.7 Å². The zero-order chi connectivity index (χ0) is 24.4. The molecular weight excluding hydrogens is 475 g/mol. The molecule has 180 valence electrons. The van der Waals surface area contributed by atoms with E-state index in [9.17, 15) is 18.0 Å². The lowest BCUT2D eigenvalue weighted by atomic mass is 10.1. The van der Waals surface area contributed by atoms with Gasteiger partial charge in [-0.1, -0.05) is 0 Å². The van der Waals surface area contributed by atoms with Crippen molar-refractivity contribution in [2.24, 2.45) is 0 Å². The highest BCUT2D eigenvalue weighted by atomic mass is 32.1. The van der Waals surface area contributed by atoms with Gasteiger partial charge in [0.05, 0.1) is 17.3 Å². The van der Waals surface area contributed by atoms with Crippen LogP contribution < -0.4 is 10.2 Å². The maximum absolute atomic E-state index is 12.9. The number of hydrogen-bond acceptors (Lipinski definition) is 5. The van der Waals surface area contributed by atoms with E-state index in [0.29, 0.717) is 17.4 Å². The zero-order valence-corrected chi connectivity index (χ0v) is 19.4. The molecule has 1 aromatic carbocycles. The summed E-state index contributed by atoms with van der Waals surface area (Å²) >= 11 is 1.34. The predicted molar refractivity (Wildman–Crippen MR) is 129 cm³/mol. The first-order valence-electron chi connectivity index (χ1n) is 11.1. The van der Waals surface area contributed by atoms with Crippen LogP contribution in [0.3, 0.4) is 0 Å². The number of amides is 1. The second-order valence-corrected chi connectivity index (χ2v) is 9.16. The van der Waals surface area contributed by atoms with Crippen molar-refractivity contribution in [3.05, 3.63) is 95.0 Å². The molecule has 0 spiro atoms. The average molecular weight is 498 g/mol. The molecule has 5 rings (SSSR count). The van der Waals surface area contributed by atoms with Crippen LogP contribution in [0.5, 0.6) is 0 Å². The van der Waals surface area contributed by atoms with Crippen LogP contribution in [0.15, 0.2) is 72.5 Å². The van der Waals surface area contributed by atoms with E-state index in [1.54, 1.807) is 18.5 Å². The van der Waals surface area contributed by atoms with Gasteiger partial charge in [-0.15, -0.1) is 11.3 Å². The quantitative estimate of drug-likeness (QED) is 0.355. The minimum Gasteiger partial charge on any atom is -0.363 e. The number of nitrogens with one attached hydrogen (secondary N) is 1. The first-order chi connectivity index (χ1) is 16.9. The van der Waals surface area contributed by atoms with Crippen LogP contribution in [0, 0.1) is 0 Å². The maximum atomic E-state index is 12.9. The zero-order valence-electron chi connectivity index (χ0n) is 18.6. The number of carbonyl (C=O) groups excluding carboxylic acids is 1. The number of alkyl halides is 3. The third-order valence-electron chi connectivity index (χ3n) is 6.03. The van der Waals surface area contributed by atoms with E-state index >= 15 is 0 Å². The molecule has 1 fully saturated rings. The van der Waals surface area contributed by atoms with Crippen molar-refractivity contribution in [2.45, 2.75) is 31.6 Å². The molecule has 0 bridgehead atoms. The summed E-state index contributed by atoms with van der Waals surface area (Å²) in [6, 6.07) is 12.6. The largest absolute Gasteiger partial charge is 0.416 e. The molecule has 1 amide bonds. The van der Waals surface area contributed by atoms with Crippen LogP contribution in [0.2, 0.25) is 0 Å². The standard InChI is InChI=1S/C25H22F3N5OS/c26-25(27,28)18-5-7-19(8-6-18)33-14-2-3-21(33)20-16-35-24(30-20)31-23(34)22-4-1-13-32(22)15-17-9-11-29-12-10-17/h1,4-13,16,21H,2-3,14-15H2,(H,30,31,34). The Morgan fingerprint density at radius 3 is 2.63 bits per heavy atom. The highest BCUT2D eigenvalue weighted by Crippen LogP contribution is 2.38. The fourth-order valence-corrected chi connectivity index (χ4v) is 5.08. The van der Waals surface area contributed by atoms with Gasteiger partial charge in [0.25, 0.3) is 5.91 Å². The summed E-state index contributed by atoms with van der Waals surface area (Å²) in [4.78, 5) is 23.7. The molecule has 1 aliphatic heterocycles. The summed E-state index contributed by atoms with van der Waals surface area (Å²) < 4.78 is 40.6. The van der Waals surface area contributed by atoms with Gasteiger partial charge in [0.2, 0.25) is 0 Å². The minimum absolute atomic E-state index is 0.0517. The topological polar surface area (TPSA) is 63.1 Å². The van der Waals surface area contributed by atoms with Gasteiger partial charge in [-0.25, -0.2) is 4.98 Å². The number of thiazole rings is 1. The molecule has 1 atom stereocenters. The molecule has 1 saturated heterocycles. The Morgan fingerprint density at radius 1 is 1.11 bits per heavy atom. The first-order valence-corrected chi connectivity index (χ1v) is 12.0. The summed E-state index contributed by atoms with van der Waals surface area (Å²) in [5.74, 6) is -0.254. The van der Waals surface area contributed by atoms with Gasteiger partial charge >= 0.3 is 6.18 Å². The molecule has 1 aliphatic rings. The lowest BCUT2D eigenvalue weighted by molar-refractivity contribution is -0.137. The third-order valence-corrected chi connectivity index (χ3v) is 6.80. The molecule has 10 heteroatoms. The number of nitrogens with zero attached hydrogens (tertiary/aromatic N) is 4. The van der Waals surface area contributed by atoms with Crippen molar-refractivity contribution in [2.75, 3.05) is 16.8 Å². The Balaban J connectivity index is 1.28. The highest BCUT2D eigenvalue weighted by Gasteiger charge is 2.32. The Bertz CT molecular complexity index is 1300. The van der Waals surface area contributed by atoms with E-state index in [-0.39, 0.29) is 11.9 Å². The van der Waals surface area contributed by atoms with Crippen molar-refractivity contribution < 1.29 is 18.0 Å². The first kappa shape index (κ1) is 23.1. The summed E-state index contributed by atoms with van der Waals surface area (Å²) in [5.41, 5.74) is 2.42. The van der Waals surface area contributed by atoms with Gasteiger partial charge < -0.3 is 9.47 Å². The molecule has 1 unspecified atom stereocenters. The Kier molecular flexibility index (Phi) is 6.29. The molecule has 6 nitrogen and oxygen atoms in total. The van der Waals surface area contributed by atoms with E-state index in [4.69, 9.17) is 0 Å². The molecule has 4 heterocycles. The van der Waals surface area contributed by atoms with Crippen LogP contribution in [-0.4, -0.2) is 27.0 Å². The molecule has 1 N–H and O–H groups in total. The van der Waals surface area contributed by atoms with Crippen molar-refractivity contribution in [1.29, 1.82) is 0 Å². The van der Waals surface area contributed by atoms with E-state index in [2.05, 4.69) is 20.2 Å². The van der Waals surface area contributed by atoms with Crippen LogP contribution in [0.1, 0.15) is 46.2 Å². The van der Waals surface area contributed by atoms with Crippen molar-refractivity contribution in [1.82, 2.24) is 14.5 Å².